The van der Waals surface area contributed by atoms with Crippen molar-refractivity contribution in [2.75, 3.05) is 5.32 Å². The first-order valence-corrected chi connectivity index (χ1v) is 7.14. The predicted molar refractivity (Wildman–Crippen MR) is 85.3 cm³/mol. The molecule has 110 valence electrons. The number of anilines is 1. The molecule has 0 aliphatic carbocycles. The van der Waals surface area contributed by atoms with Gasteiger partial charge in [-0.2, -0.15) is 0 Å². The number of aryl methyl sites for hydroxylation is 1. The molecule has 1 amide bonds. The summed E-state index contributed by atoms with van der Waals surface area (Å²) in [5.74, 6) is 0.0179. The SMILES string of the molecule is CC.CC.Cc1ccc(NC(=O)C(N)C(C)C)cc1. The van der Waals surface area contributed by atoms with E-state index in [1.807, 2.05) is 72.7 Å². The fourth-order valence-electron chi connectivity index (χ4n) is 1.17. The molecule has 0 heterocycles. The number of hydrogen-bond acceptors (Lipinski definition) is 2. The minimum absolute atomic E-state index is 0.131. The normalized spacial score (nSPS) is 10.6. The summed E-state index contributed by atoms with van der Waals surface area (Å²) in [6.45, 7) is 13.9. The first-order chi connectivity index (χ1) is 9.00. The van der Waals surface area contributed by atoms with Crippen LogP contribution in [0.1, 0.15) is 47.1 Å². The number of carbonyl (C=O) groups is 1. The van der Waals surface area contributed by atoms with Crippen LogP contribution in [0.15, 0.2) is 24.3 Å². The molecule has 3 nitrogen and oxygen atoms in total. The van der Waals surface area contributed by atoms with Gasteiger partial charge in [0.1, 0.15) is 0 Å². The van der Waals surface area contributed by atoms with E-state index in [1.54, 1.807) is 0 Å². The standard InChI is InChI=1S/C12H18N2O.2C2H6/c1-8(2)11(13)12(15)14-10-6-4-9(3)5-7-10;2*1-2/h4-8,11H,13H2,1-3H3,(H,14,15);2*1-2H3. The zero-order valence-corrected chi connectivity index (χ0v) is 13.4. The van der Waals surface area contributed by atoms with Crippen LogP contribution in [0.2, 0.25) is 0 Å². The largest absolute Gasteiger partial charge is 0.325 e. The Morgan fingerprint density at radius 3 is 1.84 bits per heavy atom. The number of nitrogens with one attached hydrogen (secondary N) is 1. The van der Waals surface area contributed by atoms with Gasteiger partial charge in [0.15, 0.2) is 0 Å². The molecule has 3 heteroatoms. The van der Waals surface area contributed by atoms with Gasteiger partial charge in [0.05, 0.1) is 6.04 Å². The minimum Gasteiger partial charge on any atom is -0.325 e. The van der Waals surface area contributed by atoms with Crippen LogP contribution in [0.5, 0.6) is 0 Å². The van der Waals surface area contributed by atoms with Crippen LogP contribution in [0.3, 0.4) is 0 Å². The van der Waals surface area contributed by atoms with E-state index in [2.05, 4.69) is 5.32 Å². The second-order valence-electron chi connectivity index (χ2n) is 4.13. The number of benzene rings is 1. The van der Waals surface area contributed by atoms with Gasteiger partial charge in [-0.25, -0.2) is 0 Å². The molecule has 0 saturated carbocycles. The average Bonchev–Trinajstić information content (AvgIpc) is 2.44. The predicted octanol–water partition coefficient (Wildman–Crippen LogP) is 3.97. The highest BCUT2D eigenvalue weighted by molar-refractivity contribution is 5.94. The lowest BCUT2D eigenvalue weighted by atomic mass is 10.0. The summed E-state index contributed by atoms with van der Waals surface area (Å²) >= 11 is 0. The molecule has 1 aromatic rings. The number of rotatable bonds is 3. The van der Waals surface area contributed by atoms with E-state index < -0.39 is 6.04 Å². The zero-order chi connectivity index (χ0) is 15.4. The Kier molecular flexibility index (Phi) is 12.3. The quantitative estimate of drug-likeness (QED) is 0.869. The lowest BCUT2D eigenvalue weighted by Crippen LogP contribution is -2.39. The average molecular weight is 266 g/mol. The highest BCUT2D eigenvalue weighted by Gasteiger charge is 2.16. The van der Waals surface area contributed by atoms with E-state index in [0.717, 1.165) is 5.69 Å². The van der Waals surface area contributed by atoms with Gasteiger partial charge >= 0.3 is 0 Å². The molecule has 0 spiro atoms. The van der Waals surface area contributed by atoms with Crippen molar-refractivity contribution in [1.82, 2.24) is 0 Å². The maximum Gasteiger partial charge on any atom is 0.241 e. The van der Waals surface area contributed by atoms with Crippen molar-refractivity contribution >= 4 is 11.6 Å². The number of hydrogen-bond donors (Lipinski definition) is 2. The van der Waals surface area contributed by atoms with E-state index in [0.29, 0.717) is 0 Å². The van der Waals surface area contributed by atoms with Crippen LogP contribution in [0.25, 0.3) is 0 Å². The van der Waals surface area contributed by atoms with Crippen LogP contribution in [0.4, 0.5) is 5.69 Å². The Morgan fingerprint density at radius 2 is 1.47 bits per heavy atom. The lowest BCUT2D eigenvalue weighted by molar-refractivity contribution is -0.118. The monoisotopic (exact) mass is 266 g/mol. The maximum atomic E-state index is 11.6. The smallest absolute Gasteiger partial charge is 0.241 e. The molecule has 19 heavy (non-hydrogen) atoms. The van der Waals surface area contributed by atoms with Crippen LogP contribution >= 0.6 is 0 Å². The van der Waals surface area contributed by atoms with Crippen molar-refractivity contribution in [3.8, 4) is 0 Å². The molecular formula is C16H30N2O. The van der Waals surface area contributed by atoms with E-state index in [-0.39, 0.29) is 11.8 Å². The third-order valence-electron chi connectivity index (χ3n) is 2.34. The molecule has 1 unspecified atom stereocenters. The molecule has 0 aromatic heterocycles. The van der Waals surface area contributed by atoms with Gasteiger partial charge in [0.2, 0.25) is 5.91 Å². The number of carbonyl (C=O) groups excluding carboxylic acids is 1. The number of nitrogens with two attached hydrogens (primary N) is 1. The van der Waals surface area contributed by atoms with Gasteiger partial charge in [-0.1, -0.05) is 59.2 Å². The Bertz CT molecular complexity index is 331. The lowest BCUT2D eigenvalue weighted by Gasteiger charge is -2.15. The van der Waals surface area contributed by atoms with Crippen LogP contribution in [-0.4, -0.2) is 11.9 Å². The van der Waals surface area contributed by atoms with Gasteiger partial charge in [-0.05, 0) is 25.0 Å². The Hall–Kier alpha value is -1.35. The fraction of sp³-hybridized carbons (Fsp3) is 0.562. The van der Waals surface area contributed by atoms with Crippen molar-refractivity contribution < 1.29 is 4.79 Å². The summed E-state index contributed by atoms with van der Waals surface area (Å²) < 4.78 is 0. The molecular weight excluding hydrogens is 236 g/mol. The molecule has 0 aliphatic rings. The Labute approximate surface area is 118 Å². The van der Waals surface area contributed by atoms with Crippen molar-refractivity contribution in [1.29, 1.82) is 0 Å². The molecule has 1 atom stereocenters. The minimum atomic E-state index is -0.452. The Balaban J connectivity index is 0. The first kappa shape index (κ1) is 20.0. The first-order valence-electron chi connectivity index (χ1n) is 7.14. The van der Waals surface area contributed by atoms with Gasteiger partial charge in [-0.3, -0.25) is 4.79 Å². The third-order valence-corrected chi connectivity index (χ3v) is 2.34. The summed E-state index contributed by atoms with van der Waals surface area (Å²) in [4.78, 5) is 11.6. The molecule has 3 N–H and O–H groups in total. The van der Waals surface area contributed by atoms with Gasteiger partial charge < -0.3 is 11.1 Å². The van der Waals surface area contributed by atoms with Crippen molar-refractivity contribution in [2.24, 2.45) is 11.7 Å². The van der Waals surface area contributed by atoms with Crippen LogP contribution < -0.4 is 11.1 Å². The van der Waals surface area contributed by atoms with Crippen LogP contribution in [-0.2, 0) is 4.79 Å². The van der Waals surface area contributed by atoms with Crippen molar-refractivity contribution in [2.45, 2.75) is 54.5 Å². The highest BCUT2D eigenvalue weighted by Crippen LogP contribution is 2.10. The molecule has 0 saturated heterocycles. The summed E-state index contributed by atoms with van der Waals surface area (Å²) in [5, 5.41) is 2.79. The van der Waals surface area contributed by atoms with Crippen LogP contribution in [0, 0.1) is 12.8 Å². The summed E-state index contributed by atoms with van der Waals surface area (Å²) in [7, 11) is 0. The van der Waals surface area contributed by atoms with E-state index >= 15 is 0 Å². The molecule has 0 bridgehead atoms. The van der Waals surface area contributed by atoms with Crippen molar-refractivity contribution in [3.63, 3.8) is 0 Å². The number of amides is 1. The summed E-state index contributed by atoms with van der Waals surface area (Å²) in [6, 6.07) is 7.21. The van der Waals surface area contributed by atoms with E-state index in [4.69, 9.17) is 5.73 Å². The van der Waals surface area contributed by atoms with Gasteiger partial charge in [0, 0.05) is 5.69 Å². The molecule has 0 aliphatic heterocycles. The second kappa shape index (κ2) is 11.7. The van der Waals surface area contributed by atoms with Crippen molar-refractivity contribution in [3.05, 3.63) is 29.8 Å². The highest BCUT2D eigenvalue weighted by atomic mass is 16.2. The summed E-state index contributed by atoms with van der Waals surface area (Å²) in [5.41, 5.74) is 7.69. The Morgan fingerprint density at radius 1 is 1.05 bits per heavy atom. The van der Waals surface area contributed by atoms with Gasteiger partial charge in [-0.15, -0.1) is 0 Å². The molecule has 1 aromatic carbocycles. The topological polar surface area (TPSA) is 55.1 Å². The third kappa shape index (κ3) is 8.38. The van der Waals surface area contributed by atoms with E-state index in [9.17, 15) is 4.79 Å². The zero-order valence-electron chi connectivity index (χ0n) is 13.4. The molecule has 0 radical (unpaired) electrons. The molecule has 0 fully saturated rings. The summed E-state index contributed by atoms with van der Waals surface area (Å²) in [6.07, 6.45) is 0. The molecule has 1 rings (SSSR count). The maximum absolute atomic E-state index is 11.6. The van der Waals surface area contributed by atoms with E-state index in [1.165, 1.54) is 5.56 Å². The van der Waals surface area contributed by atoms with Gasteiger partial charge in [0.25, 0.3) is 0 Å². The second-order valence-corrected chi connectivity index (χ2v) is 4.13. The fourth-order valence-corrected chi connectivity index (χ4v) is 1.17.